The molecule has 38 heavy (non-hydrogen) atoms. The van der Waals surface area contributed by atoms with E-state index in [-0.39, 0.29) is 8.61 Å². The van der Waals surface area contributed by atoms with Gasteiger partial charge in [-0.05, 0) is 38.1 Å². The van der Waals surface area contributed by atoms with Crippen LogP contribution in [0.3, 0.4) is 0 Å². The first-order chi connectivity index (χ1) is 17.7. The Labute approximate surface area is 217 Å². The summed E-state index contributed by atoms with van der Waals surface area (Å²) in [5.41, 5.74) is 1.36. The number of rotatable bonds is 8. The second-order valence-corrected chi connectivity index (χ2v) is 11.6. The van der Waals surface area contributed by atoms with Gasteiger partial charge >= 0.3 is 24.4 Å². The predicted molar refractivity (Wildman–Crippen MR) is 127 cm³/mol. The number of aliphatic hydroxyl groups excluding tert-OH is 2. The molecule has 3 rings (SSSR count). The molecule has 1 aliphatic rings. The SMILES string of the molecule is Cc1ccc(S(=O)(=O)N(CCN(C(=O)OC2OC(=O)C(O)=C2O)S(=O)(=O)c2ccc(C)cc2)C(=O)O)cc1. The predicted octanol–water partition coefficient (Wildman–Crippen LogP) is 2.01. The molecule has 2 amide bonds. The zero-order valence-electron chi connectivity index (χ0n) is 19.8. The van der Waals surface area contributed by atoms with Crippen molar-refractivity contribution in [3.63, 3.8) is 0 Å². The Bertz CT molecular complexity index is 1500. The highest BCUT2D eigenvalue weighted by atomic mass is 32.2. The summed E-state index contributed by atoms with van der Waals surface area (Å²) < 4.78 is 61.6. The third-order valence-electron chi connectivity index (χ3n) is 5.22. The molecule has 0 aromatic heterocycles. The van der Waals surface area contributed by atoms with E-state index >= 15 is 0 Å². The fourth-order valence-corrected chi connectivity index (χ4v) is 5.70. The number of hydrogen-bond acceptors (Lipinski definition) is 11. The van der Waals surface area contributed by atoms with Crippen LogP contribution in [0, 0.1) is 13.8 Å². The third-order valence-corrected chi connectivity index (χ3v) is 8.79. The quantitative estimate of drug-likeness (QED) is 0.390. The Kier molecular flexibility index (Phi) is 7.87. The Morgan fingerprint density at radius 2 is 1.26 bits per heavy atom. The van der Waals surface area contributed by atoms with E-state index in [4.69, 9.17) is 4.74 Å². The molecule has 0 aliphatic carbocycles. The molecule has 2 aromatic rings. The first kappa shape index (κ1) is 28.3. The van der Waals surface area contributed by atoms with Gasteiger partial charge in [0.1, 0.15) is 0 Å². The molecule has 0 saturated carbocycles. The van der Waals surface area contributed by atoms with Crippen LogP contribution in [-0.2, 0) is 34.3 Å². The number of hydrogen-bond donors (Lipinski definition) is 3. The van der Waals surface area contributed by atoms with Crippen LogP contribution in [0.25, 0.3) is 0 Å². The van der Waals surface area contributed by atoms with Crippen LogP contribution < -0.4 is 0 Å². The van der Waals surface area contributed by atoms with Crippen molar-refractivity contribution in [1.82, 2.24) is 8.61 Å². The van der Waals surface area contributed by atoms with Gasteiger partial charge in [-0.25, -0.2) is 31.2 Å². The third kappa shape index (κ3) is 5.65. The molecule has 0 radical (unpaired) electrons. The van der Waals surface area contributed by atoms with Crippen LogP contribution >= 0.6 is 0 Å². The summed E-state index contributed by atoms with van der Waals surface area (Å²) >= 11 is 0. The summed E-state index contributed by atoms with van der Waals surface area (Å²) in [7, 11) is -9.49. The topological polar surface area (TPSA) is 205 Å². The molecule has 1 aliphatic heterocycles. The van der Waals surface area contributed by atoms with Crippen molar-refractivity contribution in [3.05, 3.63) is 71.2 Å². The van der Waals surface area contributed by atoms with E-state index in [0.717, 1.165) is 24.3 Å². The van der Waals surface area contributed by atoms with E-state index in [1.54, 1.807) is 13.8 Å². The van der Waals surface area contributed by atoms with Crippen molar-refractivity contribution >= 4 is 38.2 Å². The molecule has 0 fully saturated rings. The number of carbonyl (C=O) groups excluding carboxylic acids is 2. The summed E-state index contributed by atoms with van der Waals surface area (Å²) in [5, 5.41) is 28.7. The van der Waals surface area contributed by atoms with Crippen molar-refractivity contribution in [2.24, 2.45) is 0 Å². The number of aryl methyl sites for hydroxylation is 2. The number of sulfonamides is 2. The molecule has 1 unspecified atom stereocenters. The van der Waals surface area contributed by atoms with Crippen molar-refractivity contribution in [2.75, 3.05) is 13.1 Å². The second-order valence-electron chi connectivity index (χ2n) is 7.92. The first-order valence-corrected chi connectivity index (χ1v) is 13.5. The normalized spacial score (nSPS) is 15.6. The van der Waals surface area contributed by atoms with E-state index in [9.17, 15) is 46.5 Å². The minimum Gasteiger partial charge on any atom is -0.503 e. The number of amides is 2. The maximum atomic E-state index is 13.3. The highest BCUT2D eigenvalue weighted by Gasteiger charge is 2.41. The van der Waals surface area contributed by atoms with Crippen LogP contribution in [0.2, 0.25) is 0 Å². The van der Waals surface area contributed by atoms with Gasteiger partial charge in [0.25, 0.3) is 20.0 Å². The highest BCUT2D eigenvalue weighted by Crippen LogP contribution is 2.24. The molecule has 3 N–H and O–H groups in total. The fraction of sp³-hybridized carbons (Fsp3) is 0.227. The van der Waals surface area contributed by atoms with Crippen LogP contribution in [0.5, 0.6) is 0 Å². The van der Waals surface area contributed by atoms with Gasteiger partial charge in [0.15, 0.2) is 0 Å². The molecule has 2 aromatic carbocycles. The standard InChI is InChI=1S/C22H22N2O12S2/c1-13-3-7-15(8-4-13)37(31,32)23(21(28)29)11-12-24(38(33,34)16-9-5-14(2)6-10-16)22(30)36-20-18(26)17(25)19(27)35-20/h3-10,20,25-26H,11-12H2,1-2H3,(H,28,29). The van der Waals surface area contributed by atoms with E-state index < -0.39 is 78.9 Å². The van der Waals surface area contributed by atoms with E-state index in [1.165, 1.54) is 24.3 Å². The summed E-state index contributed by atoms with van der Waals surface area (Å²) in [4.78, 5) is 35.3. The molecule has 0 spiro atoms. The average Bonchev–Trinajstić information content (AvgIpc) is 3.08. The monoisotopic (exact) mass is 570 g/mol. The first-order valence-electron chi connectivity index (χ1n) is 10.6. The van der Waals surface area contributed by atoms with E-state index in [0.29, 0.717) is 11.1 Å². The van der Waals surface area contributed by atoms with Crippen molar-refractivity contribution in [1.29, 1.82) is 0 Å². The molecule has 1 heterocycles. The lowest BCUT2D eigenvalue weighted by Gasteiger charge is -2.26. The lowest BCUT2D eigenvalue weighted by Crippen LogP contribution is -2.46. The molecular weight excluding hydrogens is 548 g/mol. The molecule has 1 atom stereocenters. The molecule has 204 valence electrons. The molecule has 0 saturated heterocycles. The Morgan fingerprint density at radius 1 is 0.842 bits per heavy atom. The number of benzene rings is 2. The van der Waals surface area contributed by atoms with Gasteiger partial charge in [0.2, 0.25) is 11.5 Å². The lowest BCUT2D eigenvalue weighted by molar-refractivity contribution is -0.156. The van der Waals surface area contributed by atoms with Crippen LogP contribution in [-0.4, -0.2) is 78.3 Å². The van der Waals surface area contributed by atoms with Crippen LogP contribution in [0.4, 0.5) is 9.59 Å². The van der Waals surface area contributed by atoms with E-state index in [2.05, 4.69) is 4.74 Å². The second kappa shape index (κ2) is 10.6. The van der Waals surface area contributed by atoms with Crippen molar-refractivity contribution in [2.45, 2.75) is 29.9 Å². The van der Waals surface area contributed by atoms with Gasteiger partial charge in [-0.1, -0.05) is 35.4 Å². The Hall–Kier alpha value is -4.31. The highest BCUT2D eigenvalue weighted by molar-refractivity contribution is 7.90. The maximum absolute atomic E-state index is 13.3. The van der Waals surface area contributed by atoms with Crippen LogP contribution in [0.1, 0.15) is 11.1 Å². The minimum absolute atomic E-state index is 0.00868. The lowest BCUT2D eigenvalue weighted by atomic mass is 10.2. The molecule has 16 heteroatoms. The molecule has 0 bridgehead atoms. The van der Waals surface area contributed by atoms with Gasteiger partial charge in [0, 0.05) is 0 Å². The number of aliphatic hydroxyl groups is 2. The number of esters is 1. The van der Waals surface area contributed by atoms with E-state index in [1.807, 2.05) is 0 Å². The van der Waals surface area contributed by atoms with Gasteiger partial charge in [-0.3, -0.25) is 0 Å². The minimum atomic E-state index is -4.80. The summed E-state index contributed by atoms with van der Waals surface area (Å²) in [6, 6.07) is 10.3. The zero-order valence-corrected chi connectivity index (χ0v) is 21.5. The summed E-state index contributed by atoms with van der Waals surface area (Å²) in [6.07, 6.45) is -5.91. The van der Waals surface area contributed by atoms with Gasteiger partial charge in [0.05, 0.1) is 22.9 Å². The smallest absolute Gasteiger partial charge is 0.427 e. The van der Waals surface area contributed by atoms with Crippen molar-refractivity contribution < 1.29 is 56.0 Å². The summed E-state index contributed by atoms with van der Waals surface area (Å²) in [6.45, 7) is 1.23. The largest absolute Gasteiger partial charge is 0.503 e. The zero-order chi connectivity index (χ0) is 28.4. The fourth-order valence-electron chi connectivity index (χ4n) is 3.14. The Morgan fingerprint density at radius 3 is 1.66 bits per heavy atom. The van der Waals surface area contributed by atoms with Gasteiger partial charge in [-0.2, -0.15) is 8.61 Å². The number of nitrogens with zero attached hydrogens (tertiary/aromatic N) is 2. The Balaban J connectivity index is 1.96. The number of ether oxygens (including phenoxy) is 2. The van der Waals surface area contributed by atoms with Crippen molar-refractivity contribution in [3.8, 4) is 0 Å². The number of carboxylic acid groups (broad SMARTS) is 1. The maximum Gasteiger partial charge on any atom is 0.427 e. The number of carbonyl (C=O) groups is 3. The van der Waals surface area contributed by atoms with Gasteiger partial charge < -0.3 is 24.8 Å². The average molecular weight is 571 g/mol. The molecular formula is C22H22N2O12S2. The molecule has 14 nitrogen and oxygen atoms in total. The van der Waals surface area contributed by atoms with Crippen LogP contribution in [0.15, 0.2) is 69.8 Å². The summed E-state index contributed by atoms with van der Waals surface area (Å²) in [5.74, 6) is -3.92. The van der Waals surface area contributed by atoms with Gasteiger partial charge in [-0.15, -0.1) is 0 Å². The number of cyclic esters (lactones) is 1.